The highest BCUT2D eigenvalue weighted by molar-refractivity contribution is 6.25. The summed E-state index contributed by atoms with van der Waals surface area (Å²) in [4.78, 5) is 11.3. The molecule has 0 unspecified atom stereocenters. The van der Waals surface area contributed by atoms with Crippen LogP contribution < -0.4 is 4.74 Å². The zero-order chi connectivity index (χ0) is 11.8. The van der Waals surface area contributed by atoms with Crippen molar-refractivity contribution in [1.29, 1.82) is 0 Å². The maximum absolute atomic E-state index is 11.3. The Morgan fingerprint density at radius 1 is 1.38 bits per heavy atom. The molecule has 86 valence electrons. The van der Waals surface area contributed by atoms with Crippen molar-refractivity contribution in [3.8, 4) is 5.75 Å². The third-order valence-electron chi connectivity index (χ3n) is 1.80. The minimum atomic E-state index is -0.324. The first-order valence-electron chi connectivity index (χ1n) is 4.93. The minimum Gasteiger partial charge on any atom is -0.490 e. The van der Waals surface area contributed by atoms with Crippen LogP contribution in [0.4, 0.5) is 0 Å². The molecule has 1 aromatic rings. The van der Waals surface area contributed by atoms with Crippen LogP contribution in [0.3, 0.4) is 0 Å². The van der Waals surface area contributed by atoms with E-state index in [0.717, 1.165) is 0 Å². The molecular formula is C12H13ClO3. The van der Waals surface area contributed by atoms with Crippen molar-refractivity contribution in [3.63, 3.8) is 0 Å². The Kier molecular flexibility index (Phi) is 5.43. The molecule has 0 amide bonds. The summed E-state index contributed by atoms with van der Waals surface area (Å²) >= 11 is 5.35. The van der Waals surface area contributed by atoms with Crippen LogP contribution in [0.1, 0.15) is 17.3 Å². The van der Waals surface area contributed by atoms with E-state index in [1.54, 1.807) is 37.3 Å². The monoisotopic (exact) mass is 240 g/mol. The van der Waals surface area contributed by atoms with Gasteiger partial charge in [0.15, 0.2) is 0 Å². The van der Waals surface area contributed by atoms with Crippen molar-refractivity contribution in [3.05, 3.63) is 41.4 Å². The lowest BCUT2D eigenvalue weighted by Gasteiger charge is -2.04. The summed E-state index contributed by atoms with van der Waals surface area (Å²) in [5, 5.41) is 0. The standard InChI is InChI=1S/C12H13ClO3/c1-2-15-12(14)10-4-6-11(7-5-10)16-9-3-8-13/h3-8H,2,9H2,1H3. The zero-order valence-corrected chi connectivity index (χ0v) is 9.74. The average Bonchev–Trinajstić information content (AvgIpc) is 2.30. The molecule has 3 nitrogen and oxygen atoms in total. The van der Waals surface area contributed by atoms with Gasteiger partial charge in [-0.05, 0) is 37.3 Å². The van der Waals surface area contributed by atoms with Gasteiger partial charge in [0.05, 0.1) is 12.2 Å². The summed E-state index contributed by atoms with van der Waals surface area (Å²) < 4.78 is 10.2. The van der Waals surface area contributed by atoms with Crippen LogP contribution in [0.5, 0.6) is 5.75 Å². The zero-order valence-electron chi connectivity index (χ0n) is 8.98. The Balaban J connectivity index is 2.57. The van der Waals surface area contributed by atoms with Crippen molar-refractivity contribution in [2.24, 2.45) is 0 Å². The van der Waals surface area contributed by atoms with Crippen LogP contribution in [0.2, 0.25) is 0 Å². The maximum atomic E-state index is 11.3. The van der Waals surface area contributed by atoms with Gasteiger partial charge in [-0.1, -0.05) is 11.6 Å². The minimum absolute atomic E-state index is 0.324. The molecule has 0 spiro atoms. The molecule has 1 rings (SSSR count). The van der Waals surface area contributed by atoms with E-state index in [1.807, 2.05) is 0 Å². The third-order valence-corrected chi connectivity index (χ3v) is 1.98. The van der Waals surface area contributed by atoms with Gasteiger partial charge in [0.25, 0.3) is 0 Å². The lowest BCUT2D eigenvalue weighted by molar-refractivity contribution is 0.0526. The van der Waals surface area contributed by atoms with E-state index < -0.39 is 0 Å². The number of hydrogen-bond acceptors (Lipinski definition) is 3. The molecule has 0 fully saturated rings. The molecular weight excluding hydrogens is 228 g/mol. The number of rotatable bonds is 5. The summed E-state index contributed by atoms with van der Waals surface area (Å²) in [6, 6.07) is 6.76. The van der Waals surface area contributed by atoms with Crippen molar-refractivity contribution in [2.75, 3.05) is 13.2 Å². The predicted molar refractivity (Wildman–Crippen MR) is 62.9 cm³/mol. The van der Waals surface area contributed by atoms with Gasteiger partial charge in [-0.15, -0.1) is 0 Å². The Hall–Kier alpha value is -1.48. The molecule has 0 atom stereocenters. The number of halogens is 1. The van der Waals surface area contributed by atoms with E-state index in [9.17, 15) is 4.79 Å². The highest BCUT2D eigenvalue weighted by Gasteiger charge is 2.05. The smallest absolute Gasteiger partial charge is 0.338 e. The SMILES string of the molecule is CCOC(=O)c1ccc(OCC=CCl)cc1. The average molecular weight is 241 g/mol. The Bertz CT molecular complexity index is 357. The molecule has 0 heterocycles. The van der Waals surface area contributed by atoms with Crippen molar-refractivity contribution in [1.82, 2.24) is 0 Å². The molecule has 4 heteroatoms. The first kappa shape index (κ1) is 12.6. The molecule has 0 aliphatic carbocycles. The molecule has 0 saturated carbocycles. The van der Waals surface area contributed by atoms with Crippen molar-refractivity contribution < 1.29 is 14.3 Å². The summed E-state index contributed by atoms with van der Waals surface area (Å²) in [5.74, 6) is 0.359. The highest BCUT2D eigenvalue weighted by Crippen LogP contribution is 2.12. The van der Waals surface area contributed by atoms with E-state index in [-0.39, 0.29) is 5.97 Å². The Labute approximate surface area is 99.6 Å². The van der Waals surface area contributed by atoms with Crippen LogP contribution in [0, 0.1) is 0 Å². The van der Waals surface area contributed by atoms with Crippen molar-refractivity contribution >= 4 is 17.6 Å². The van der Waals surface area contributed by atoms with Gasteiger partial charge in [-0.3, -0.25) is 0 Å². The van der Waals surface area contributed by atoms with Gasteiger partial charge in [-0.2, -0.15) is 0 Å². The number of benzene rings is 1. The fraction of sp³-hybridized carbons (Fsp3) is 0.250. The molecule has 0 aliphatic rings. The Morgan fingerprint density at radius 2 is 2.06 bits per heavy atom. The second-order valence-corrected chi connectivity index (χ2v) is 3.17. The lowest BCUT2D eigenvalue weighted by atomic mass is 10.2. The van der Waals surface area contributed by atoms with E-state index in [0.29, 0.717) is 24.5 Å². The molecule has 0 radical (unpaired) electrons. The van der Waals surface area contributed by atoms with Crippen LogP contribution in [-0.4, -0.2) is 19.2 Å². The summed E-state index contributed by atoms with van der Waals surface area (Å²) in [6.45, 7) is 2.55. The maximum Gasteiger partial charge on any atom is 0.338 e. The van der Waals surface area contributed by atoms with Crippen LogP contribution in [0.15, 0.2) is 35.9 Å². The van der Waals surface area contributed by atoms with Gasteiger partial charge in [0.1, 0.15) is 12.4 Å². The molecule has 16 heavy (non-hydrogen) atoms. The second-order valence-electron chi connectivity index (χ2n) is 2.92. The highest BCUT2D eigenvalue weighted by atomic mass is 35.5. The summed E-state index contributed by atoms with van der Waals surface area (Å²) in [5.41, 5.74) is 1.91. The normalized spacial score (nSPS) is 10.4. The van der Waals surface area contributed by atoms with Crippen molar-refractivity contribution in [2.45, 2.75) is 6.92 Å². The molecule has 1 aromatic carbocycles. The molecule has 0 N–H and O–H groups in total. The number of carbonyl (C=O) groups is 1. The number of carbonyl (C=O) groups excluding carboxylic acids is 1. The Morgan fingerprint density at radius 3 is 2.62 bits per heavy atom. The third kappa shape index (κ3) is 3.95. The predicted octanol–water partition coefficient (Wildman–Crippen LogP) is 2.99. The molecule has 0 saturated heterocycles. The quantitative estimate of drug-likeness (QED) is 0.743. The van der Waals surface area contributed by atoms with E-state index in [1.165, 1.54) is 5.54 Å². The molecule has 0 aromatic heterocycles. The number of hydrogen-bond donors (Lipinski definition) is 0. The van der Waals surface area contributed by atoms with Crippen LogP contribution in [0.25, 0.3) is 0 Å². The largest absolute Gasteiger partial charge is 0.490 e. The van der Waals surface area contributed by atoms with E-state index >= 15 is 0 Å². The fourth-order valence-electron chi connectivity index (χ4n) is 1.08. The number of esters is 1. The van der Waals surface area contributed by atoms with Gasteiger partial charge < -0.3 is 9.47 Å². The first-order chi connectivity index (χ1) is 7.77. The first-order valence-corrected chi connectivity index (χ1v) is 5.36. The van der Waals surface area contributed by atoms with Crippen LogP contribution in [-0.2, 0) is 4.74 Å². The summed E-state index contributed by atoms with van der Waals surface area (Å²) in [7, 11) is 0. The lowest BCUT2D eigenvalue weighted by Crippen LogP contribution is -2.04. The topological polar surface area (TPSA) is 35.5 Å². The number of ether oxygens (including phenoxy) is 2. The molecule has 0 bridgehead atoms. The second kappa shape index (κ2) is 6.90. The van der Waals surface area contributed by atoms with E-state index in [2.05, 4.69) is 0 Å². The van der Waals surface area contributed by atoms with Gasteiger partial charge in [0.2, 0.25) is 0 Å². The van der Waals surface area contributed by atoms with Crippen LogP contribution >= 0.6 is 11.6 Å². The molecule has 0 aliphatic heterocycles. The van der Waals surface area contributed by atoms with E-state index in [4.69, 9.17) is 21.1 Å². The fourth-order valence-corrected chi connectivity index (χ4v) is 1.16. The van der Waals surface area contributed by atoms with Gasteiger partial charge >= 0.3 is 5.97 Å². The van der Waals surface area contributed by atoms with Gasteiger partial charge in [0, 0.05) is 5.54 Å². The van der Waals surface area contributed by atoms with Gasteiger partial charge in [-0.25, -0.2) is 4.79 Å². The summed E-state index contributed by atoms with van der Waals surface area (Å²) in [6.07, 6.45) is 1.68.